The average Bonchev–Trinajstić information content (AvgIpc) is 3.26. The lowest BCUT2D eigenvalue weighted by atomic mass is 10.1. The third kappa shape index (κ3) is 2.53. The van der Waals surface area contributed by atoms with E-state index in [0.29, 0.717) is 24.2 Å². The fourth-order valence-corrected chi connectivity index (χ4v) is 3.75. The molecular weight excluding hydrogens is 298 g/mol. The van der Waals surface area contributed by atoms with Gasteiger partial charge in [0, 0.05) is 41.6 Å². The summed E-state index contributed by atoms with van der Waals surface area (Å²) in [6, 6.07) is 8.40. The van der Waals surface area contributed by atoms with Crippen LogP contribution in [0.5, 0.6) is 0 Å². The molecule has 114 valence electrons. The number of hydrogen-bond donors (Lipinski definition) is 0. The first-order valence-corrected chi connectivity index (χ1v) is 8.37. The number of ether oxygens (including phenoxy) is 1. The highest BCUT2D eigenvalue weighted by atomic mass is 32.2. The predicted octanol–water partition coefficient (Wildman–Crippen LogP) is 3.36. The zero-order valence-electron chi connectivity index (χ0n) is 12.4. The number of aromatic nitrogens is 3. The van der Waals surface area contributed by atoms with E-state index in [0.717, 1.165) is 18.9 Å². The van der Waals surface area contributed by atoms with Gasteiger partial charge in [0.05, 0.1) is 12.4 Å². The van der Waals surface area contributed by atoms with Crippen molar-refractivity contribution in [2.75, 3.05) is 13.2 Å². The molecule has 0 aliphatic carbocycles. The Labute approximate surface area is 132 Å². The Hall–Kier alpha value is -1.79. The normalized spacial score (nSPS) is 18.3. The van der Waals surface area contributed by atoms with Gasteiger partial charge in [-0.1, -0.05) is 23.4 Å². The summed E-state index contributed by atoms with van der Waals surface area (Å²) in [4.78, 5) is 5.75. The first-order valence-electron chi connectivity index (χ1n) is 7.38. The third-order valence-corrected chi connectivity index (χ3v) is 5.02. The molecule has 1 aromatic carbocycles. The second-order valence-electron chi connectivity index (χ2n) is 5.52. The van der Waals surface area contributed by atoms with E-state index >= 15 is 0 Å². The molecular formula is C16H17N3O2S. The van der Waals surface area contributed by atoms with E-state index in [1.165, 1.54) is 15.8 Å². The minimum absolute atomic E-state index is 0.292. The minimum atomic E-state index is 0.292. The fraction of sp³-hybridized carbons (Fsp3) is 0.375. The first kappa shape index (κ1) is 13.8. The molecule has 1 fully saturated rings. The molecule has 0 unspecified atom stereocenters. The van der Waals surface area contributed by atoms with E-state index in [1.54, 1.807) is 11.8 Å². The standard InChI is InChI=1S/C16H17N3O2S/c1-19-8-14(12-4-2-3-5-13(12)19)22-10-15-17-16(18-21-15)11-6-7-20-9-11/h2-5,8,11H,6-7,9-10H2,1H3/t11-/m0/s1. The lowest BCUT2D eigenvalue weighted by Crippen LogP contribution is -1.99. The molecule has 5 nitrogen and oxygen atoms in total. The number of hydrogen-bond acceptors (Lipinski definition) is 5. The van der Waals surface area contributed by atoms with Crippen LogP contribution in [0.2, 0.25) is 0 Å². The van der Waals surface area contributed by atoms with E-state index in [9.17, 15) is 0 Å². The minimum Gasteiger partial charge on any atom is -0.381 e. The maximum Gasteiger partial charge on any atom is 0.237 e. The molecule has 3 aromatic rings. The van der Waals surface area contributed by atoms with Crippen LogP contribution in [0.1, 0.15) is 24.1 Å². The Morgan fingerprint density at radius 3 is 3.14 bits per heavy atom. The Kier molecular flexibility index (Phi) is 3.63. The van der Waals surface area contributed by atoms with Gasteiger partial charge < -0.3 is 13.8 Å². The second kappa shape index (κ2) is 5.78. The summed E-state index contributed by atoms with van der Waals surface area (Å²) < 4.78 is 12.9. The lowest BCUT2D eigenvalue weighted by Gasteiger charge is -1.98. The number of aryl methyl sites for hydroxylation is 1. The van der Waals surface area contributed by atoms with Crippen molar-refractivity contribution in [3.05, 3.63) is 42.2 Å². The van der Waals surface area contributed by atoms with Crippen molar-refractivity contribution in [1.82, 2.24) is 14.7 Å². The quantitative estimate of drug-likeness (QED) is 0.691. The molecule has 1 saturated heterocycles. The van der Waals surface area contributed by atoms with Crippen molar-refractivity contribution < 1.29 is 9.26 Å². The zero-order chi connectivity index (χ0) is 14.9. The van der Waals surface area contributed by atoms with Gasteiger partial charge in [0.2, 0.25) is 5.89 Å². The monoisotopic (exact) mass is 315 g/mol. The molecule has 22 heavy (non-hydrogen) atoms. The average molecular weight is 315 g/mol. The molecule has 2 aromatic heterocycles. The van der Waals surface area contributed by atoms with Crippen molar-refractivity contribution in [2.24, 2.45) is 7.05 Å². The molecule has 0 saturated carbocycles. The Morgan fingerprint density at radius 2 is 2.27 bits per heavy atom. The largest absolute Gasteiger partial charge is 0.381 e. The Balaban J connectivity index is 1.50. The van der Waals surface area contributed by atoms with Gasteiger partial charge in [-0.05, 0) is 12.5 Å². The molecule has 3 heterocycles. The molecule has 1 aliphatic heterocycles. The van der Waals surface area contributed by atoms with Gasteiger partial charge in [0.15, 0.2) is 5.82 Å². The van der Waals surface area contributed by atoms with E-state index in [4.69, 9.17) is 9.26 Å². The molecule has 0 N–H and O–H groups in total. The third-order valence-electron chi connectivity index (χ3n) is 3.99. The molecule has 1 aliphatic rings. The van der Waals surface area contributed by atoms with E-state index in [1.807, 2.05) is 0 Å². The van der Waals surface area contributed by atoms with E-state index < -0.39 is 0 Å². The highest BCUT2D eigenvalue weighted by Crippen LogP contribution is 2.31. The fourth-order valence-electron chi connectivity index (χ4n) is 2.79. The van der Waals surface area contributed by atoms with E-state index in [-0.39, 0.29) is 0 Å². The van der Waals surface area contributed by atoms with Crippen LogP contribution < -0.4 is 0 Å². The Bertz CT molecular complexity index is 790. The van der Waals surface area contributed by atoms with Crippen molar-refractivity contribution in [1.29, 1.82) is 0 Å². The highest BCUT2D eigenvalue weighted by molar-refractivity contribution is 7.98. The molecule has 4 rings (SSSR count). The summed E-state index contributed by atoms with van der Waals surface area (Å²) in [7, 11) is 2.07. The number of rotatable bonds is 4. The summed E-state index contributed by atoms with van der Waals surface area (Å²) in [6.45, 7) is 1.49. The van der Waals surface area contributed by atoms with Gasteiger partial charge in [0.25, 0.3) is 0 Å². The number of thioether (sulfide) groups is 1. The van der Waals surface area contributed by atoms with Crippen LogP contribution in [0.15, 0.2) is 39.9 Å². The van der Waals surface area contributed by atoms with Gasteiger partial charge in [0.1, 0.15) is 0 Å². The van der Waals surface area contributed by atoms with Crippen LogP contribution in [0.25, 0.3) is 10.9 Å². The second-order valence-corrected chi connectivity index (χ2v) is 6.53. The van der Waals surface area contributed by atoms with Gasteiger partial charge in [-0.25, -0.2) is 0 Å². The van der Waals surface area contributed by atoms with Crippen LogP contribution in [-0.4, -0.2) is 27.9 Å². The maximum absolute atomic E-state index is 5.37. The number of benzene rings is 1. The van der Waals surface area contributed by atoms with Crippen molar-refractivity contribution >= 4 is 22.7 Å². The van der Waals surface area contributed by atoms with Crippen LogP contribution in [-0.2, 0) is 17.5 Å². The van der Waals surface area contributed by atoms with Crippen LogP contribution in [0.4, 0.5) is 0 Å². The summed E-state index contributed by atoms with van der Waals surface area (Å²) >= 11 is 1.73. The molecule has 1 atom stereocenters. The van der Waals surface area contributed by atoms with Gasteiger partial charge in [-0.3, -0.25) is 0 Å². The van der Waals surface area contributed by atoms with Crippen molar-refractivity contribution in [3.63, 3.8) is 0 Å². The van der Waals surface area contributed by atoms with Gasteiger partial charge in [-0.2, -0.15) is 4.98 Å². The number of fused-ring (bicyclic) bond motifs is 1. The molecule has 0 amide bonds. The predicted molar refractivity (Wildman–Crippen MR) is 85.0 cm³/mol. The summed E-state index contributed by atoms with van der Waals surface area (Å²) in [5.74, 6) is 2.44. The zero-order valence-corrected chi connectivity index (χ0v) is 13.2. The summed E-state index contributed by atoms with van der Waals surface area (Å²) in [5, 5.41) is 5.36. The molecule has 0 radical (unpaired) electrons. The van der Waals surface area contributed by atoms with Crippen molar-refractivity contribution in [2.45, 2.75) is 23.0 Å². The van der Waals surface area contributed by atoms with Crippen LogP contribution in [0, 0.1) is 0 Å². The maximum atomic E-state index is 5.37. The van der Waals surface area contributed by atoms with Gasteiger partial charge >= 0.3 is 0 Å². The number of para-hydroxylation sites is 1. The summed E-state index contributed by atoms with van der Waals surface area (Å²) in [5.41, 5.74) is 1.24. The first-order chi connectivity index (χ1) is 10.8. The van der Waals surface area contributed by atoms with Crippen LogP contribution in [0.3, 0.4) is 0 Å². The van der Waals surface area contributed by atoms with E-state index in [2.05, 4.69) is 52.2 Å². The van der Waals surface area contributed by atoms with Crippen molar-refractivity contribution in [3.8, 4) is 0 Å². The van der Waals surface area contributed by atoms with Gasteiger partial charge in [-0.15, -0.1) is 11.8 Å². The highest BCUT2D eigenvalue weighted by Gasteiger charge is 2.23. The SMILES string of the molecule is Cn1cc(SCc2nc([C@H]3CCOC3)no2)c2ccccc21. The lowest BCUT2D eigenvalue weighted by molar-refractivity contribution is 0.192. The smallest absolute Gasteiger partial charge is 0.237 e. The summed E-state index contributed by atoms with van der Waals surface area (Å²) in [6.07, 6.45) is 3.13. The van der Waals surface area contributed by atoms with Crippen LogP contribution >= 0.6 is 11.8 Å². The molecule has 0 spiro atoms. The Morgan fingerprint density at radius 1 is 1.36 bits per heavy atom. The topological polar surface area (TPSA) is 53.1 Å². The molecule has 0 bridgehead atoms. The number of nitrogens with zero attached hydrogens (tertiary/aromatic N) is 3. The molecule has 6 heteroatoms.